The molecule has 0 aromatic heterocycles. The number of alkyl carbamates (subject to hydrolysis) is 1. The number of hydrogen-bond acceptors (Lipinski definition) is 5. The predicted molar refractivity (Wildman–Crippen MR) is 96.5 cm³/mol. The van der Waals surface area contributed by atoms with Gasteiger partial charge in [0.2, 0.25) is 0 Å². The Kier molecular flexibility index (Phi) is 4.95. The minimum atomic E-state index is -0.664. The Bertz CT molecular complexity index is 635. The first kappa shape index (κ1) is 19.4. The van der Waals surface area contributed by atoms with Gasteiger partial charge in [-0.25, -0.2) is 4.79 Å². The number of hydrogen-bond donors (Lipinski definition) is 3. The summed E-state index contributed by atoms with van der Waals surface area (Å²) in [6.07, 6.45) is 1.12. The lowest BCUT2D eigenvalue weighted by atomic mass is 9.62. The zero-order valence-electron chi connectivity index (χ0n) is 16.2. The summed E-state index contributed by atoms with van der Waals surface area (Å²) in [5, 5.41) is 24.1. The molecular formula is C20H31NO5. The Balaban J connectivity index is 1.75. The first-order valence-corrected chi connectivity index (χ1v) is 9.64. The molecule has 26 heavy (non-hydrogen) atoms. The number of ketones is 1. The number of ether oxygens (including phenoxy) is 1. The van der Waals surface area contributed by atoms with Crippen LogP contribution in [0, 0.1) is 17.3 Å². The van der Waals surface area contributed by atoms with Crippen LogP contribution in [-0.4, -0.2) is 46.4 Å². The molecule has 1 spiro atoms. The maximum Gasteiger partial charge on any atom is 0.407 e. The van der Waals surface area contributed by atoms with E-state index in [0.717, 1.165) is 12.0 Å². The molecule has 6 nitrogen and oxygen atoms in total. The third kappa shape index (κ3) is 3.29. The normalized spacial score (nSPS) is 36.8. The molecule has 5 atom stereocenters. The fraction of sp³-hybridized carbons (Fsp3) is 0.800. The Morgan fingerprint density at radius 2 is 1.96 bits per heavy atom. The van der Waals surface area contributed by atoms with Gasteiger partial charge in [-0.05, 0) is 69.4 Å². The van der Waals surface area contributed by atoms with Crippen molar-refractivity contribution in [2.75, 3.05) is 6.54 Å². The highest BCUT2D eigenvalue weighted by Gasteiger charge is 2.62. The molecule has 3 rings (SSSR count). The number of rotatable bonds is 3. The molecule has 0 saturated heterocycles. The van der Waals surface area contributed by atoms with Gasteiger partial charge in [0, 0.05) is 18.4 Å². The summed E-state index contributed by atoms with van der Waals surface area (Å²) in [6, 6.07) is 0. The summed E-state index contributed by atoms with van der Waals surface area (Å²) in [7, 11) is 0. The topological polar surface area (TPSA) is 95.9 Å². The molecule has 0 aromatic rings. The minimum Gasteiger partial charge on any atom is -0.444 e. The van der Waals surface area contributed by atoms with E-state index in [1.165, 1.54) is 0 Å². The molecule has 0 radical (unpaired) electrons. The van der Waals surface area contributed by atoms with Crippen LogP contribution in [0.5, 0.6) is 0 Å². The van der Waals surface area contributed by atoms with E-state index in [1.54, 1.807) is 20.8 Å². The molecule has 0 unspecified atom stereocenters. The molecule has 3 aliphatic carbocycles. The molecule has 2 fully saturated rings. The Labute approximate surface area is 155 Å². The van der Waals surface area contributed by atoms with Crippen molar-refractivity contribution in [2.24, 2.45) is 17.3 Å². The van der Waals surface area contributed by atoms with Crippen molar-refractivity contribution in [2.45, 2.75) is 77.6 Å². The van der Waals surface area contributed by atoms with E-state index in [2.05, 4.69) is 12.2 Å². The highest BCUT2D eigenvalue weighted by atomic mass is 16.6. The fourth-order valence-electron chi connectivity index (χ4n) is 5.30. The lowest BCUT2D eigenvalue weighted by Crippen LogP contribution is -2.44. The molecule has 146 valence electrons. The zero-order chi connectivity index (χ0) is 19.3. The molecule has 0 bridgehead atoms. The molecule has 2 saturated carbocycles. The van der Waals surface area contributed by atoms with Crippen LogP contribution in [0.1, 0.15) is 59.8 Å². The van der Waals surface area contributed by atoms with Gasteiger partial charge in [-0.15, -0.1) is 0 Å². The molecular weight excluding hydrogens is 334 g/mol. The van der Waals surface area contributed by atoms with Gasteiger partial charge in [0.05, 0.1) is 12.2 Å². The first-order chi connectivity index (χ1) is 12.0. The van der Waals surface area contributed by atoms with Gasteiger partial charge in [0.15, 0.2) is 5.78 Å². The number of carbonyl (C=O) groups is 2. The number of Topliss-reactive ketones (excluding diaryl/α,β-unsaturated/α-hetero) is 1. The predicted octanol–water partition coefficient (Wildman–Crippen LogP) is 2.33. The minimum absolute atomic E-state index is 0.00309. The number of amides is 1. The van der Waals surface area contributed by atoms with E-state index >= 15 is 0 Å². The fourth-order valence-corrected chi connectivity index (χ4v) is 5.30. The van der Waals surface area contributed by atoms with Gasteiger partial charge >= 0.3 is 6.09 Å². The second-order valence-corrected chi connectivity index (χ2v) is 9.25. The second-order valence-electron chi connectivity index (χ2n) is 9.25. The highest BCUT2D eigenvalue weighted by molar-refractivity contribution is 6.00. The van der Waals surface area contributed by atoms with Gasteiger partial charge in [0.1, 0.15) is 5.60 Å². The van der Waals surface area contributed by atoms with Gasteiger partial charge in [-0.1, -0.05) is 6.92 Å². The van der Waals surface area contributed by atoms with E-state index in [9.17, 15) is 19.8 Å². The lowest BCUT2D eigenvalue weighted by molar-refractivity contribution is -0.120. The van der Waals surface area contributed by atoms with Crippen LogP contribution in [0.3, 0.4) is 0 Å². The van der Waals surface area contributed by atoms with Crippen LogP contribution in [-0.2, 0) is 9.53 Å². The second kappa shape index (κ2) is 6.64. The number of aliphatic hydroxyl groups excluding tert-OH is 2. The maximum atomic E-state index is 12.7. The van der Waals surface area contributed by atoms with Crippen LogP contribution in [0.4, 0.5) is 4.79 Å². The quantitative estimate of drug-likeness (QED) is 0.713. The summed E-state index contributed by atoms with van der Waals surface area (Å²) < 4.78 is 5.21. The average Bonchev–Trinajstić information content (AvgIpc) is 2.91. The van der Waals surface area contributed by atoms with E-state index in [4.69, 9.17) is 4.74 Å². The summed E-state index contributed by atoms with van der Waals surface area (Å²) in [5.74, 6) is 0.565. The highest BCUT2D eigenvalue weighted by Crippen LogP contribution is 2.62. The summed E-state index contributed by atoms with van der Waals surface area (Å²) in [6.45, 7) is 7.78. The summed E-state index contributed by atoms with van der Waals surface area (Å²) in [4.78, 5) is 24.5. The smallest absolute Gasteiger partial charge is 0.407 e. The van der Waals surface area contributed by atoms with Crippen molar-refractivity contribution in [1.82, 2.24) is 5.32 Å². The Morgan fingerprint density at radius 1 is 1.27 bits per heavy atom. The molecule has 1 amide bonds. The van der Waals surface area contributed by atoms with Crippen LogP contribution < -0.4 is 5.32 Å². The molecule has 3 N–H and O–H groups in total. The van der Waals surface area contributed by atoms with E-state index in [0.29, 0.717) is 37.2 Å². The van der Waals surface area contributed by atoms with Crippen molar-refractivity contribution in [3.05, 3.63) is 11.1 Å². The van der Waals surface area contributed by atoms with Crippen molar-refractivity contribution in [1.29, 1.82) is 0 Å². The van der Waals surface area contributed by atoms with Crippen molar-refractivity contribution < 1.29 is 24.5 Å². The summed E-state index contributed by atoms with van der Waals surface area (Å²) >= 11 is 0. The zero-order valence-corrected chi connectivity index (χ0v) is 16.2. The number of aliphatic hydroxyl groups is 2. The number of nitrogens with one attached hydrogen (secondary N) is 1. The summed E-state index contributed by atoms with van der Waals surface area (Å²) in [5.41, 5.74) is 0.198. The Hall–Kier alpha value is -1.40. The van der Waals surface area contributed by atoms with Gasteiger partial charge < -0.3 is 20.3 Å². The average molecular weight is 365 g/mol. The molecule has 0 heterocycles. The van der Waals surface area contributed by atoms with E-state index < -0.39 is 29.3 Å². The van der Waals surface area contributed by atoms with Gasteiger partial charge in [-0.3, -0.25) is 4.79 Å². The molecule has 3 aliphatic rings. The Morgan fingerprint density at radius 3 is 2.62 bits per heavy atom. The third-order valence-corrected chi connectivity index (χ3v) is 6.14. The number of carbonyl (C=O) groups excluding carboxylic acids is 2. The SMILES string of the molecule is C[C@@H]1C[C@H]2C[C@H](O)C3=C(CCNC(=O)OC(C)(C)C)C(=O)C[C@@]32[C@H](O)C1. The van der Waals surface area contributed by atoms with Crippen molar-refractivity contribution >= 4 is 11.9 Å². The van der Waals surface area contributed by atoms with E-state index in [1.807, 2.05) is 0 Å². The van der Waals surface area contributed by atoms with Gasteiger partial charge in [-0.2, -0.15) is 0 Å². The lowest BCUT2D eigenvalue weighted by Gasteiger charge is -2.44. The first-order valence-electron chi connectivity index (χ1n) is 9.64. The van der Waals surface area contributed by atoms with Crippen LogP contribution >= 0.6 is 0 Å². The molecule has 6 heteroatoms. The third-order valence-electron chi connectivity index (χ3n) is 6.14. The standard InChI is InChI=1S/C20H31NO5/c1-11-7-12-9-14(22)17-13(5-6-21-18(25)26-19(2,3)4)15(23)10-20(12,17)16(24)8-11/h11-12,14,16,22,24H,5-10H2,1-4H3,(H,21,25)/t11-,12+,14+,16-,20-/m1/s1. The van der Waals surface area contributed by atoms with Crippen molar-refractivity contribution in [3.8, 4) is 0 Å². The monoisotopic (exact) mass is 365 g/mol. The maximum absolute atomic E-state index is 12.7. The van der Waals surface area contributed by atoms with Crippen LogP contribution in [0.15, 0.2) is 11.1 Å². The molecule has 0 aliphatic heterocycles. The van der Waals surface area contributed by atoms with Crippen LogP contribution in [0.25, 0.3) is 0 Å². The van der Waals surface area contributed by atoms with Gasteiger partial charge in [0.25, 0.3) is 0 Å². The van der Waals surface area contributed by atoms with Crippen LogP contribution in [0.2, 0.25) is 0 Å². The van der Waals surface area contributed by atoms with Crippen molar-refractivity contribution in [3.63, 3.8) is 0 Å². The molecule has 0 aromatic carbocycles. The largest absolute Gasteiger partial charge is 0.444 e. The van der Waals surface area contributed by atoms with E-state index in [-0.39, 0.29) is 18.2 Å².